The van der Waals surface area contributed by atoms with Crippen molar-refractivity contribution in [1.29, 1.82) is 0 Å². The fourth-order valence-corrected chi connectivity index (χ4v) is 3.52. The lowest BCUT2D eigenvalue weighted by Gasteiger charge is -2.30. The highest BCUT2D eigenvalue weighted by atomic mass is 16.3. The van der Waals surface area contributed by atoms with Crippen molar-refractivity contribution in [3.8, 4) is 0 Å². The second-order valence-corrected chi connectivity index (χ2v) is 8.06. The van der Waals surface area contributed by atoms with E-state index < -0.39 is 0 Å². The van der Waals surface area contributed by atoms with E-state index in [-0.39, 0.29) is 23.5 Å². The van der Waals surface area contributed by atoms with E-state index in [9.17, 15) is 9.90 Å². The Morgan fingerprint density at radius 1 is 1.26 bits per heavy atom. The average molecular weight is 374 g/mol. The van der Waals surface area contributed by atoms with Gasteiger partial charge < -0.3 is 10.4 Å². The monoisotopic (exact) mass is 373 g/mol. The van der Waals surface area contributed by atoms with Crippen molar-refractivity contribution in [2.45, 2.75) is 79.1 Å². The highest BCUT2D eigenvalue weighted by Gasteiger charge is 2.32. The Morgan fingerprint density at radius 2 is 2.00 bits per heavy atom. The average Bonchev–Trinajstić information content (AvgIpc) is 2.61. The summed E-state index contributed by atoms with van der Waals surface area (Å²) in [5, 5.41) is 13.0. The predicted molar refractivity (Wildman–Crippen MR) is 116 cm³/mol. The van der Waals surface area contributed by atoms with E-state index in [4.69, 9.17) is 0 Å². The number of hydrogen-bond acceptors (Lipinski definition) is 2. The first kappa shape index (κ1) is 23.3. The van der Waals surface area contributed by atoms with E-state index in [1.807, 2.05) is 0 Å². The Kier molecular flexibility index (Phi) is 10.8. The van der Waals surface area contributed by atoms with Gasteiger partial charge in [0.25, 0.3) is 0 Å². The summed E-state index contributed by atoms with van der Waals surface area (Å²) in [4.78, 5) is 12.4. The maximum atomic E-state index is 12.4. The molecule has 2 N–H and O–H groups in total. The highest BCUT2D eigenvalue weighted by Crippen LogP contribution is 2.35. The lowest BCUT2D eigenvalue weighted by Crippen LogP contribution is -2.37. The number of allylic oxidation sites excluding steroid dienone is 7. The van der Waals surface area contributed by atoms with Gasteiger partial charge in [-0.1, -0.05) is 54.9 Å². The van der Waals surface area contributed by atoms with E-state index in [0.717, 1.165) is 44.9 Å². The van der Waals surface area contributed by atoms with Gasteiger partial charge in [0.1, 0.15) is 0 Å². The molecule has 1 rings (SSSR count). The number of aliphatic hydroxyl groups excluding tert-OH is 1. The van der Waals surface area contributed by atoms with E-state index in [1.54, 1.807) is 0 Å². The zero-order valence-electron chi connectivity index (χ0n) is 17.8. The first-order valence-electron chi connectivity index (χ1n) is 10.5. The molecule has 0 aromatic carbocycles. The molecular weight excluding hydrogens is 334 g/mol. The zero-order chi connectivity index (χ0) is 20.2. The molecule has 1 amide bonds. The van der Waals surface area contributed by atoms with Gasteiger partial charge in [-0.3, -0.25) is 4.79 Å². The van der Waals surface area contributed by atoms with Crippen LogP contribution < -0.4 is 5.32 Å². The molecule has 0 aromatic rings. The molecule has 1 aliphatic carbocycles. The second-order valence-electron chi connectivity index (χ2n) is 8.06. The summed E-state index contributed by atoms with van der Waals surface area (Å²) in [5.74, 6) is -0.155. The normalized spacial score (nSPS) is 20.0. The van der Waals surface area contributed by atoms with Crippen LogP contribution in [-0.4, -0.2) is 17.6 Å². The van der Waals surface area contributed by atoms with E-state index in [1.165, 1.54) is 16.7 Å². The van der Waals surface area contributed by atoms with Crippen LogP contribution in [0.2, 0.25) is 0 Å². The molecule has 0 aliphatic heterocycles. The van der Waals surface area contributed by atoms with Crippen LogP contribution in [-0.2, 0) is 4.79 Å². The largest absolute Gasteiger partial charge is 0.513 e. The molecule has 0 aromatic heterocycles. The minimum absolute atomic E-state index is 0.0500. The third kappa shape index (κ3) is 9.12. The number of nitrogens with one attached hydrogen (secondary N) is 1. The van der Waals surface area contributed by atoms with Crippen molar-refractivity contribution < 1.29 is 9.90 Å². The number of rotatable bonds is 11. The number of unbranched alkanes of at least 4 members (excludes halogenated alkanes) is 1. The summed E-state index contributed by atoms with van der Waals surface area (Å²) in [7, 11) is 0. The molecule has 0 radical (unpaired) electrons. The van der Waals surface area contributed by atoms with Gasteiger partial charge >= 0.3 is 0 Å². The summed E-state index contributed by atoms with van der Waals surface area (Å²) in [5.41, 5.74) is 4.14. The van der Waals surface area contributed by atoms with Crippen LogP contribution in [0.5, 0.6) is 0 Å². The molecule has 0 saturated heterocycles. The van der Waals surface area contributed by atoms with Crippen molar-refractivity contribution in [3.63, 3.8) is 0 Å². The molecule has 0 saturated carbocycles. The molecule has 2 unspecified atom stereocenters. The van der Waals surface area contributed by atoms with Gasteiger partial charge in [0.05, 0.1) is 11.7 Å². The molecule has 152 valence electrons. The van der Waals surface area contributed by atoms with Crippen LogP contribution >= 0.6 is 0 Å². The summed E-state index contributed by atoms with van der Waals surface area (Å²) in [6.07, 6.45) is 14.5. The predicted octanol–water partition coefficient (Wildman–Crippen LogP) is 6.40. The van der Waals surface area contributed by atoms with Crippen molar-refractivity contribution in [2.24, 2.45) is 11.8 Å². The number of amides is 1. The van der Waals surface area contributed by atoms with E-state index in [0.29, 0.717) is 13.0 Å². The van der Waals surface area contributed by atoms with E-state index >= 15 is 0 Å². The van der Waals surface area contributed by atoms with Crippen LogP contribution in [0.1, 0.15) is 79.1 Å². The molecule has 27 heavy (non-hydrogen) atoms. The highest BCUT2D eigenvalue weighted by molar-refractivity contribution is 5.79. The second kappa shape index (κ2) is 12.6. The number of carbonyl (C=O) groups is 1. The lowest BCUT2D eigenvalue weighted by atomic mass is 9.77. The van der Waals surface area contributed by atoms with Crippen molar-refractivity contribution in [2.75, 3.05) is 6.54 Å². The molecule has 0 fully saturated rings. The SMILES string of the molecule is C=C(O)C1CC(CC/C=C(\C)CCC=C(C)C)=CCC1C(=O)NCCCC. The first-order valence-corrected chi connectivity index (χ1v) is 10.5. The topological polar surface area (TPSA) is 49.3 Å². The van der Waals surface area contributed by atoms with Gasteiger partial charge in [0, 0.05) is 12.5 Å². The fraction of sp³-hybridized carbons (Fsp3) is 0.625. The Labute approximate surface area is 166 Å². The van der Waals surface area contributed by atoms with Crippen molar-refractivity contribution in [3.05, 3.63) is 47.3 Å². The summed E-state index contributed by atoms with van der Waals surface area (Å²) >= 11 is 0. The fourth-order valence-electron chi connectivity index (χ4n) is 3.52. The number of carbonyl (C=O) groups excluding carboxylic acids is 1. The standard InChI is InChI=1S/C24H39NO2/c1-6-7-16-25-24(27)22-15-14-21(17-23(22)20(5)26)13-9-12-19(4)11-8-10-18(2)3/h10,12,14,22-23,26H,5-9,11,13,15-17H2,1-4H3,(H,25,27)/b19-12+. The number of aliphatic hydroxyl groups is 1. The maximum absolute atomic E-state index is 12.4. The van der Waals surface area contributed by atoms with Crippen molar-refractivity contribution >= 4 is 5.91 Å². The Hall–Kier alpha value is -1.77. The van der Waals surface area contributed by atoms with Crippen LogP contribution in [0.3, 0.4) is 0 Å². The van der Waals surface area contributed by atoms with Gasteiger partial charge in [-0.25, -0.2) is 0 Å². The molecule has 1 aliphatic rings. The zero-order valence-corrected chi connectivity index (χ0v) is 17.8. The van der Waals surface area contributed by atoms with E-state index in [2.05, 4.69) is 57.8 Å². The van der Waals surface area contributed by atoms with Crippen LogP contribution in [0.4, 0.5) is 0 Å². The minimum Gasteiger partial charge on any atom is -0.513 e. The Morgan fingerprint density at radius 3 is 2.63 bits per heavy atom. The smallest absolute Gasteiger partial charge is 0.224 e. The molecule has 3 nitrogen and oxygen atoms in total. The van der Waals surface area contributed by atoms with Gasteiger partial charge in [0.2, 0.25) is 5.91 Å². The third-order valence-electron chi connectivity index (χ3n) is 5.27. The van der Waals surface area contributed by atoms with Gasteiger partial charge in [-0.15, -0.1) is 0 Å². The lowest BCUT2D eigenvalue weighted by molar-refractivity contribution is -0.126. The first-order chi connectivity index (χ1) is 12.8. The molecular formula is C24H39NO2. The molecule has 0 heterocycles. The molecule has 0 bridgehead atoms. The Bertz CT molecular complexity index is 579. The summed E-state index contributed by atoms with van der Waals surface area (Å²) < 4.78 is 0. The van der Waals surface area contributed by atoms with Crippen molar-refractivity contribution in [1.82, 2.24) is 5.32 Å². The summed E-state index contributed by atoms with van der Waals surface area (Å²) in [6.45, 7) is 13.0. The quantitative estimate of drug-likeness (QED) is 0.250. The van der Waals surface area contributed by atoms with Crippen LogP contribution in [0.15, 0.2) is 47.3 Å². The van der Waals surface area contributed by atoms with Crippen LogP contribution in [0.25, 0.3) is 0 Å². The van der Waals surface area contributed by atoms with Gasteiger partial charge in [-0.05, 0) is 65.7 Å². The van der Waals surface area contributed by atoms with Gasteiger partial charge in [-0.2, -0.15) is 0 Å². The molecule has 2 atom stereocenters. The van der Waals surface area contributed by atoms with Crippen LogP contribution in [0, 0.1) is 11.8 Å². The molecule has 0 spiro atoms. The maximum Gasteiger partial charge on any atom is 0.224 e. The number of hydrogen-bond donors (Lipinski definition) is 2. The molecule has 3 heteroatoms. The minimum atomic E-state index is -0.190. The Balaban J connectivity index is 2.55. The third-order valence-corrected chi connectivity index (χ3v) is 5.27. The summed E-state index contributed by atoms with van der Waals surface area (Å²) in [6, 6.07) is 0. The van der Waals surface area contributed by atoms with Gasteiger partial charge in [0.15, 0.2) is 0 Å².